The number of hydrogen-bond acceptors (Lipinski definition) is 7. The fraction of sp³-hybridized carbons (Fsp3) is 0.115. The number of aromatic nitrogens is 1. The first-order valence-electron chi connectivity index (χ1n) is 10.9. The molecular weight excluding hydrogens is 675 g/mol. The van der Waals surface area contributed by atoms with Gasteiger partial charge in [0.15, 0.2) is 4.80 Å². The van der Waals surface area contributed by atoms with Gasteiger partial charge in [0.2, 0.25) is 0 Å². The molecule has 0 radical (unpaired) electrons. The van der Waals surface area contributed by atoms with Gasteiger partial charge in [-0.1, -0.05) is 63.7 Å². The number of phenolic OH excluding ortho intramolecular Hbond substituents is 1. The molecule has 4 aromatic rings. The van der Waals surface area contributed by atoms with Gasteiger partial charge >= 0.3 is 5.97 Å². The van der Waals surface area contributed by atoms with Gasteiger partial charge in [-0.25, -0.2) is 9.79 Å². The van der Waals surface area contributed by atoms with E-state index in [1.54, 1.807) is 29.7 Å². The van der Waals surface area contributed by atoms with Crippen LogP contribution in [0.4, 0.5) is 0 Å². The van der Waals surface area contributed by atoms with Crippen LogP contribution >= 0.6 is 61.2 Å². The van der Waals surface area contributed by atoms with E-state index in [0.29, 0.717) is 29.7 Å². The lowest BCUT2D eigenvalue weighted by Gasteiger charge is -2.24. The Bertz CT molecular complexity index is 1680. The van der Waals surface area contributed by atoms with Gasteiger partial charge in [-0.05, 0) is 59.2 Å². The molecule has 6 nitrogen and oxygen atoms in total. The van der Waals surface area contributed by atoms with E-state index in [1.165, 1.54) is 22.7 Å². The highest BCUT2D eigenvalue weighted by atomic mass is 127. The van der Waals surface area contributed by atoms with Gasteiger partial charge in [0, 0.05) is 20.5 Å². The Kier molecular flexibility index (Phi) is 7.29. The van der Waals surface area contributed by atoms with Crippen molar-refractivity contribution in [3.8, 4) is 5.75 Å². The number of hydrogen-bond donors (Lipinski definition) is 1. The summed E-state index contributed by atoms with van der Waals surface area (Å²) < 4.78 is 8.86. The molecule has 0 bridgehead atoms. The largest absolute Gasteiger partial charge is 0.506 e. The third-order valence-electron chi connectivity index (χ3n) is 5.53. The molecule has 0 saturated heterocycles. The number of nitrogens with zero attached hydrogens (tertiary/aromatic N) is 2. The van der Waals surface area contributed by atoms with Gasteiger partial charge in [-0.3, -0.25) is 9.36 Å². The van der Waals surface area contributed by atoms with E-state index >= 15 is 0 Å². The van der Waals surface area contributed by atoms with Crippen LogP contribution in [0.2, 0.25) is 0 Å². The Morgan fingerprint density at radius 1 is 1.25 bits per heavy atom. The molecule has 10 heteroatoms. The number of rotatable bonds is 5. The number of aromatic hydroxyl groups is 1. The number of benzene rings is 2. The first-order chi connectivity index (χ1) is 17.4. The molecule has 2 aromatic heterocycles. The Labute approximate surface area is 236 Å². The molecule has 0 fully saturated rings. The fourth-order valence-electron chi connectivity index (χ4n) is 3.99. The summed E-state index contributed by atoms with van der Waals surface area (Å²) in [5.41, 5.74) is 1.79. The lowest BCUT2D eigenvalue weighted by molar-refractivity contribution is -0.138. The SMILES string of the molecule is CCOC(=O)C1=C(c2ccccc2)N=c2s/c(=C/c3cc(Br)cc(I)c3O)c(=O)n2[C@H]1c1cccs1. The van der Waals surface area contributed by atoms with Crippen LogP contribution in [-0.2, 0) is 9.53 Å². The van der Waals surface area contributed by atoms with E-state index in [-0.39, 0.29) is 17.9 Å². The first-order valence-corrected chi connectivity index (χ1v) is 14.5. The van der Waals surface area contributed by atoms with Gasteiger partial charge in [0.1, 0.15) is 11.8 Å². The van der Waals surface area contributed by atoms with Crippen molar-refractivity contribution >= 4 is 78.9 Å². The standard InChI is InChI=1S/C26H18BrIN2O4S2/c1-2-34-25(33)20-21(14-7-4-3-5-8-14)29-26-30(22(20)18-9-6-10-35-18)24(32)19(36-26)12-15-11-16(27)13-17(28)23(15)31/h3-13,22,31H,2H2,1H3/b19-12+/t22-/m0/s1. The second-order valence-corrected chi connectivity index (χ2v) is 11.8. The maximum absolute atomic E-state index is 13.8. The predicted molar refractivity (Wildman–Crippen MR) is 154 cm³/mol. The number of halogens is 2. The van der Waals surface area contributed by atoms with Crippen LogP contribution in [0, 0.1) is 3.57 Å². The van der Waals surface area contributed by atoms with E-state index in [0.717, 1.165) is 14.9 Å². The van der Waals surface area contributed by atoms with Crippen LogP contribution in [-0.4, -0.2) is 22.2 Å². The second kappa shape index (κ2) is 10.4. The summed E-state index contributed by atoms with van der Waals surface area (Å²) >= 11 is 8.18. The molecule has 1 N–H and O–H groups in total. The van der Waals surface area contributed by atoms with Gasteiger partial charge in [0.05, 0.1) is 26.0 Å². The summed E-state index contributed by atoms with van der Waals surface area (Å²) in [5, 5.41) is 12.5. The predicted octanol–water partition coefficient (Wildman–Crippen LogP) is 5.07. The third-order valence-corrected chi connectivity index (χ3v) is 8.72. The average Bonchev–Trinajstić information content (AvgIpc) is 3.50. The highest BCUT2D eigenvalue weighted by Gasteiger charge is 2.35. The maximum Gasteiger partial charge on any atom is 0.338 e. The number of carbonyl (C=O) groups excluding carboxylic acids is 1. The smallest absolute Gasteiger partial charge is 0.338 e. The number of thiophene rings is 1. The van der Waals surface area contributed by atoms with Crippen LogP contribution in [0.1, 0.15) is 29.0 Å². The zero-order valence-electron chi connectivity index (χ0n) is 18.8. The van der Waals surface area contributed by atoms with E-state index < -0.39 is 12.0 Å². The highest BCUT2D eigenvalue weighted by Crippen LogP contribution is 2.37. The van der Waals surface area contributed by atoms with Gasteiger partial charge in [-0.2, -0.15) is 0 Å². The quantitative estimate of drug-likeness (QED) is 0.234. The molecule has 36 heavy (non-hydrogen) atoms. The Morgan fingerprint density at radius 3 is 2.72 bits per heavy atom. The topological polar surface area (TPSA) is 80.9 Å². The third kappa shape index (κ3) is 4.62. The van der Waals surface area contributed by atoms with Crippen molar-refractivity contribution in [3.63, 3.8) is 0 Å². The van der Waals surface area contributed by atoms with E-state index in [1.807, 2.05) is 70.4 Å². The normalized spacial score (nSPS) is 15.5. The molecule has 0 spiro atoms. The van der Waals surface area contributed by atoms with Gasteiger partial charge in [0.25, 0.3) is 5.56 Å². The van der Waals surface area contributed by atoms with Crippen LogP contribution < -0.4 is 14.9 Å². The number of esters is 1. The number of ether oxygens (including phenoxy) is 1. The van der Waals surface area contributed by atoms with E-state index in [4.69, 9.17) is 9.73 Å². The van der Waals surface area contributed by atoms with Crippen molar-refractivity contribution in [2.24, 2.45) is 4.99 Å². The molecule has 182 valence electrons. The lowest BCUT2D eigenvalue weighted by atomic mass is 9.97. The zero-order valence-corrected chi connectivity index (χ0v) is 24.2. The van der Waals surface area contributed by atoms with Crippen molar-refractivity contribution in [1.29, 1.82) is 0 Å². The van der Waals surface area contributed by atoms with Crippen LogP contribution in [0.15, 0.2) is 79.8 Å². The van der Waals surface area contributed by atoms with Crippen molar-refractivity contribution in [1.82, 2.24) is 4.57 Å². The number of fused-ring (bicyclic) bond motifs is 1. The monoisotopic (exact) mass is 692 g/mol. The van der Waals surface area contributed by atoms with Crippen LogP contribution in [0.5, 0.6) is 5.75 Å². The molecule has 3 heterocycles. The van der Waals surface area contributed by atoms with E-state index in [2.05, 4.69) is 15.9 Å². The number of phenols is 1. The van der Waals surface area contributed by atoms with Crippen molar-refractivity contribution in [2.45, 2.75) is 13.0 Å². The minimum atomic E-state index is -0.686. The van der Waals surface area contributed by atoms with Crippen molar-refractivity contribution in [2.75, 3.05) is 6.61 Å². The van der Waals surface area contributed by atoms with Gasteiger partial charge in [-0.15, -0.1) is 11.3 Å². The fourth-order valence-corrected chi connectivity index (χ4v) is 7.36. The highest BCUT2D eigenvalue weighted by molar-refractivity contribution is 14.1. The maximum atomic E-state index is 13.8. The summed E-state index contributed by atoms with van der Waals surface area (Å²) in [6.45, 7) is 1.95. The molecule has 0 amide bonds. The molecular formula is C26H18BrIN2O4S2. The van der Waals surface area contributed by atoms with Gasteiger partial charge < -0.3 is 9.84 Å². The summed E-state index contributed by atoms with van der Waals surface area (Å²) in [6.07, 6.45) is 1.66. The van der Waals surface area contributed by atoms with Crippen molar-refractivity contribution in [3.05, 3.63) is 109 Å². The molecule has 0 saturated carbocycles. The summed E-state index contributed by atoms with van der Waals surface area (Å²) in [4.78, 5) is 33.2. The Morgan fingerprint density at radius 2 is 2.03 bits per heavy atom. The lowest BCUT2D eigenvalue weighted by Crippen LogP contribution is -2.39. The molecule has 0 aliphatic carbocycles. The van der Waals surface area contributed by atoms with Crippen LogP contribution in [0.3, 0.4) is 0 Å². The Balaban J connectivity index is 1.83. The first kappa shape index (κ1) is 25.1. The molecule has 0 unspecified atom stereocenters. The average molecular weight is 693 g/mol. The number of thiazole rings is 1. The van der Waals surface area contributed by atoms with Crippen LogP contribution in [0.25, 0.3) is 11.8 Å². The molecule has 2 aromatic carbocycles. The van der Waals surface area contributed by atoms with E-state index in [9.17, 15) is 14.7 Å². The minimum absolute atomic E-state index is 0.0941. The summed E-state index contributed by atoms with van der Waals surface area (Å²) in [7, 11) is 0. The molecule has 1 aliphatic rings. The molecule has 1 aliphatic heterocycles. The minimum Gasteiger partial charge on any atom is -0.506 e. The zero-order chi connectivity index (χ0) is 25.4. The number of carbonyl (C=O) groups is 1. The molecule has 1 atom stereocenters. The summed E-state index contributed by atoms with van der Waals surface area (Å²) in [5.74, 6) is -0.413. The molecule has 5 rings (SSSR count). The second-order valence-electron chi connectivity index (χ2n) is 7.77. The van der Waals surface area contributed by atoms with Crippen molar-refractivity contribution < 1.29 is 14.6 Å². The Hall–Kier alpha value is -2.54. The summed E-state index contributed by atoms with van der Waals surface area (Å²) in [6, 6.07) is 16.1.